The van der Waals surface area contributed by atoms with E-state index in [1.165, 1.54) is 0 Å². The van der Waals surface area contributed by atoms with Gasteiger partial charge in [0, 0.05) is 36.9 Å². The molecule has 0 saturated heterocycles. The first kappa shape index (κ1) is 66.0. The number of aliphatic carboxylic acids is 1. The van der Waals surface area contributed by atoms with Gasteiger partial charge < -0.3 is 87.8 Å². The second kappa shape index (κ2) is 36.0. The number of aliphatic imine (C=N–C) groups is 3. The number of nitrogens with two attached hydrogens (primary N) is 7. The van der Waals surface area contributed by atoms with Gasteiger partial charge in [-0.15, -0.1) is 0 Å². The fourth-order valence-electron chi connectivity index (χ4n) is 6.29. The number of carbonyl (C=O) groups is 9. The topological polar surface area (TPSA) is 489 Å². The highest BCUT2D eigenvalue weighted by Gasteiger charge is 2.35. The van der Waals surface area contributed by atoms with Gasteiger partial charge in [0.2, 0.25) is 47.3 Å². The lowest BCUT2D eigenvalue weighted by Gasteiger charge is -2.29. The Morgan fingerprint density at radius 1 is 0.472 bits per heavy atom. The van der Waals surface area contributed by atoms with Crippen LogP contribution in [0.2, 0.25) is 0 Å². The smallest absolute Gasteiger partial charge is 0.327 e. The van der Waals surface area contributed by atoms with E-state index in [0.717, 1.165) is 0 Å². The molecule has 0 heterocycles. The van der Waals surface area contributed by atoms with Gasteiger partial charge in [0.05, 0.1) is 12.6 Å². The Bertz CT molecular complexity index is 1890. The highest BCUT2D eigenvalue weighted by molar-refractivity contribution is 7.80. The molecule has 10 atom stereocenters. The first-order valence-corrected chi connectivity index (χ1v) is 25.1. The normalized spacial score (nSPS) is 15.0. The number of nitrogens with zero attached hydrogens (tertiary/aromatic N) is 3. The minimum atomic E-state index is -1.39. The van der Waals surface area contributed by atoms with Gasteiger partial charge in [0.1, 0.15) is 42.3 Å². The number of amides is 8. The Morgan fingerprint density at radius 2 is 0.819 bits per heavy atom. The highest BCUT2D eigenvalue weighted by atomic mass is 32.1. The van der Waals surface area contributed by atoms with Crippen molar-refractivity contribution in [3.8, 4) is 0 Å². The Morgan fingerprint density at radius 3 is 1.22 bits per heavy atom. The van der Waals surface area contributed by atoms with Gasteiger partial charge in [-0.2, -0.15) is 37.9 Å². The standard InChI is InChI=1S/C41H78N18O10S3/c1-5-20(3)29(36(66)57-27(19-72)38(68)69)58-28(60)16-52-32(62)23(11-8-14-50-40(45)46)53-33(63)24(12-9-15-51-41(47)48)54-34(64)25(17-70)56-37(67)30(21(4)6-2)59-35(65)26(18-71)55-31(61)22(42)10-7-13-49-39(43)44/h20-27,29-30,70-72H,5-19,42H2,1-4H3,(H,52,62)(H,53,63)(H,54,64)(H,55,61)(H,56,67)(H,57,66)(H,58,60)(H,59,65)(H,68,69)(H4,43,44,49)(H4,45,46,50)(H4,47,48,51)/t20-,21-,22-,23-,24-,25-,26-,27-,29-,30-/m0/s1. The van der Waals surface area contributed by atoms with Crippen molar-refractivity contribution in [2.75, 3.05) is 43.4 Å². The largest absolute Gasteiger partial charge is 0.480 e. The van der Waals surface area contributed by atoms with Crippen molar-refractivity contribution in [2.45, 2.75) is 127 Å². The summed E-state index contributed by atoms with van der Waals surface area (Å²) in [5.41, 5.74) is 38.5. The molecule has 0 aliphatic heterocycles. The third kappa shape index (κ3) is 26.5. The molecular weight excluding hydrogens is 1000 g/mol. The summed E-state index contributed by atoms with van der Waals surface area (Å²) in [4.78, 5) is 131. The predicted octanol–water partition coefficient (Wildman–Crippen LogP) is -6.05. The van der Waals surface area contributed by atoms with Crippen LogP contribution in [0.5, 0.6) is 0 Å². The van der Waals surface area contributed by atoms with Gasteiger partial charge in [0.25, 0.3) is 0 Å². The van der Waals surface area contributed by atoms with Crippen LogP contribution in [-0.2, 0) is 43.2 Å². The van der Waals surface area contributed by atoms with Gasteiger partial charge in [-0.3, -0.25) is 53.3 Å². The fraction of sp³-hybridized carbons (Fsp3) is 0.707. The molecule has 0 aromatic rings. The van der Waals surface area contributed by atoms with Crippen LogP contribution in [0.25, 0.3) is 0 Å². The van der Waals surface area contributed by atoms with E-state index in [0.29, 0.717) is 19.3 Å². The number of nitrogens with one attached hydrogen (secondary N) is 8. The van der Waals surface area contributed by atoms with Gasteiger partial charge in [-0.05, 0) is 50.4 Å². The maximum absolute atomic E-state index is 14.0. The number of carbonyl (C=O) groups excluding carboxylic acids is 8. The van der Waals surface area contributed by atoms with Crippen LogP contribution in [0.3, 0.4) is 0 Å². The monoisotopic (exact) mass is 1080 g/mol. The number of thiol groups is 3. The number of guanidine groups is 3. The van der Waals surface area contributed by atoms with E-state index in [-0.39, 0.29) is 86.9 Å². The molecule has 72 heavy (non-hydrogen) atoms. The molecule has 0 unspecified atom stereocenters. The van der Waals surface area contributed by atoms with Crippen LogP contribution in [0.4, 0.5) is 0 Å². The summed E-state index contributed by atoms with van der Waals surface area (Å²) in [7, 11) is 0. The molecular formula is C41H78N18O10S3. The van der Waals surface area contributed by atoms with E-state index in [1.807, 2.05) is 0 Å². The molecule has 28 nitrogen and oxygen atoms in total. The van der Waals surface area contributed by atoms with Crippen LogP contribution < -0.4 is 82.7 Å². The van der Waals surface area contributed by atoms with E-state index in [2.05, 4.69) is 95.4 Å². The molecule has 23 N–H and O–H groups in total. The molecule has 0 rings (SSSR count). The molecule has 31 heteroatoms. The number of carboxylic acid groups (broad SMARTS) is 1. The quantitative estimate of drug-likeness (QED) is 0.0120. The molecule has 0 radical (unpaired) electrons. The zero-order valence-electron chi connectivity index (χ0n) is 41.2. The van der Waals surface area contributed by atoms with Crippen LogP contribution >= 0.6 is 37.9 Å². The summed E-state index contributed by atoms with van der Waals surface area (Å²) in [5.74, 6) is -9.91. The average molecular weight is 1080 g/mol. The molecule has 0 bridgehead atoms. The lowest BCUT2D eigenvalue weighted by Crippen LogP contribution is -2.61. The zero-order valence-corrected chi connectivity index (χ0v) is 43.9. The van der Waals surface area contributed by atoms with Gasteiger partial charge in [0.15, 0.2) is 17.9 Å². The maximum atomic E-state index is 14.0. The lowest BCUT2D eigenvalue weighted by atomic mass is 9.97. The molecule has 0 aromatic heterocycles. The summed E-state index contributed by atoms with van der Waals surface area (Å²) < 4.78 is 0. The minimum Gasteiger partial charge on any atom is -0.480 e. The van der Waals surface area contributed by atoms with Crippen molar-refractivity contribution in [1.29, 1.82) is 0 Å². The zero-order chi connectivity index (χ0) is 55.1. The Kier molecular flexibility index (Phi) is 33.1. The van der Waals surface area contributed by atoms with Crippen LogP contribution in [0.15, 0.2) is 15.0 Å². The van der Waals surface area contributed by atoms with Crippen LogP contribution in [0.1, 0.15) is 79.1 Å². The molecule has 0 fully saturated rings. The number of hydrogen-bond acceptors (Lipinski definition) is 16. The summed E-state index contributed by atoms with van der Waals surface area (Å²) >= 11 is 12.4. The van der Waals surface area contributed by atoms with Crippen molar-refractivity contribution < 1.29 is 48.3 Å². The Hall–Kier alpha value is -5.95. The maximum Gasteiger partial charge on any atom is 0.327 e. The Balaban J connectivity index is 6.40. The van der Waals surface area contributed by atoms with Crippen molar-refractivity contribution >= 4 is 109 Å². The van der Waals surface area contributed by atoms with Crippen LogP contribution in [0, 0.1) is 11.8 Å². The van der Waals surface area contributed by atoms with E-state index in [4.69, 9.17) is 40.1 Å². The second-order valence-electron chi connectivity index (χ2n) is 16.7. The first-order valence-electron chi connectivity index (χ1n) is 23.2. The molecule has 0 spiro atoms. The molecule has 0 saturated carbocycles. The van der Waals surface area contributed by atoms with Crippen LogP contribution in [-0.4, -0.2) is 168 Å². The van der Waals surface area contributed by atoms with E-state index in [9.17, 15) is 48.3 Å². The lowest BCUT2D eigenvalue weighted by molar-refractivity contribution is -0.141. The summed E-state index contributed by atoms with van der Waals surface area (Å²) in [6.45, 7) is 6.50. The van der Waals surface area contributed by atoms with Crippen molar-refractivity contribution in [1.82, 2.24) is 42.5 Å². The minimum absolute atomic E-state index is 0.0307. The summed E-state index contributed by atoms with van der Waals surface area (Å²) in [6.07, 6.45) is 1.49. The predicted molar refractivity (Wildman–Crippen MR) is 282 cm³/mol. The number of rotatable bonds is 36. The van der Waals surface area contributed by atoms with E-state index >= 15 is 0 Å². The third-order valence-electron chi connectivity index (χ3n) is 10.9. The highest BCUT2D eigenvalue weighted by Crippen LogP contribution is 2.12. The van der Waals surface area contributed by atoms with Crippen molar-refractivity contribution in [3.05, 3.63) is 0 Å². The molecule has 0 aliphatic carbocycles. The molecule has 410 valence electrons. The SMILES string of the molecule is CC[C@H](C)[C@H](NC(=O)CNC(=O)[C@H](CCCN=C(N)N)NC(=O)[C@H](CCCN=C(N)N)NC(=O)[C@H](CS)NC(=O)[C@@H](NC(=O)[C@H](CS)NC(=O)[C@@H](N)CCCN=C(N)N)[C@@H](C)CC)C(=O)N[C@@H](CS)C(=O)O. The average Bonchev–Trinajstić information content (AvgIpc) is 3.33. The third-order valence-corrected chi connectivity index (χ3v) is 12.0. The van der Waals surface area contributed by atoms with E-state index in [1.54, 1.807) is 27.7 Å². The van der Waals surface area contributed by atoms with Crippen molar-refractivity contribution in [3.63, 3.8) is 0 Å². The molecule has 0 aliphatic rings. The van der Waals surface area contributed by atoms with Crippen molar-refractivity contribution in [2.24, 2.45) is 66.9 Å². The summed E-state index contributed by atoms with van der Waals surface area (Å²) in [6, 6.07) is -10.1. The first-order chi connectivity index (χ1) is 33.9. The van der Waals surface area contributed by atoms with Gasteiger partial charge >= 0.3 is 5.97 Å². The molecule has 0 aromatic carbocycles. The fourth-order valence-corrected chi connectivity index (χ4v) is 7.05. The summed E-state index contributed by atoms with van der Waals surface area (Å²) in [5, 5.41) is 29.5. The Labute approximate surface area is 436 Å². The van der Waals surface area contributed by atoms with Gasteiger partial charge in [-0.25, -0.2) is 4.79 Å². The number of carboxylic acids is 1. The number of hydrogen-bond donors (Lipinski definition) is 19. The molecule has 8 amide bonds. The van der Waals surface area contributed by atoms with Gasteiger partial charge in [-0.1, -0.05) is 40.5 Å². The second-order valence-corrected chi connectivity index (χ2v) is 17.8. The van der Waals surface area contributed by atoms with E-state index < -0.39 is 120 Å².